The molecule has 1 aromatic carbocycles. The van der Waals surface area contributed by atoms with Gasteiger partial charge in [-0.1, -0.05) is 6.07 Å². The average molecular weight is 374 g/mol. The molecular weight excluding hydrogens is 350 g/mol. The lowest BCUT2D eigenvalue weighted by atomic mass is 10.1. The normalized spacial score (nSPS) is 12.1. The molecule has 0 unspecified atom stereocenters. The molecule has 0 bridgehead atoms. The lowest BCUT2D eigenvalue weighted by molar-refractivity contribution is 0.400. The monoisotopic (exact) mass is 373 g/mol. The van der Waals surface area contributed by atoms with Crippen LogP contribution in [0.5, 0.6) is 5.75 Å². The molecule has 21 heavy (non-hydrogen) atoms. The maximum absolute atomic E-state index is 5.32. The number of ether oxygens (including phenoxy) is 1. The van der Waals surface area contributed by atoms with Crippen molar-refractivity contribution in [2.24, 2.45) is 0 Å². The van der Waals surface area contributed by atoms with Crippen molar-refractivity contribution in [3.05, 3.63) is 28.2 Å². The van der Waals surface area contributed by atoms with Gasteiger partial charge in [-0.3, -0.25) is 0 Å². The molecule has 0 aromatic heterocycles. The van der Waals surface area contributed by atoms with Crippen LogP contribution in [0.1, 0.15) is 24.9 Å². The lowest BCUT2D eigenvalue weighted by Gasteiger charge is -2.18. The molecule has 0 fully saturated rings. The minimum Gasteiger partial charge on any atom is -0.496 e. The first kappa shape index (κ1) is 18.2. The van der Waals surface area contributed by atoms with Gasteiger partial charge in [0.15, 0.2) is 5.11 Å². The van der Waals surface area contributed by atoms with E-state index in [2.05, 4.69) is 52.5 Å². The van der Waals surface area contributed by atoms with Crippen molar-refractivity contribution in [1.29, 1.82) is 0 Å². The molecule has 0 heterocycles. The minimum absolute atomic E-state index is 0.140. The zero-order chi connectivity index (χ0) is 15.8. The summed E-state index contributed by atoms with van der Waals surface area (Å²) in [4.78, 5) is 2.16. The van der Waals surface area contributed by atoms with Gasteiger partial charge in [-0.05, 0) is 79.8 Å². The van der Waals surface area contributed by atoms with Gasteiger partial charge in [0.1, 0.15) is 5.75 Å². The Labute approximate surface area is 141 Å². The van der Waals surface area contributed by atoms with Crippen molar-refractivity contribution in [1.82, 2.24) is 15.5 Å². The Balaban J connectivity index is 2.43. The molecule has 0 radical (unpaired) electrons. The molecule has 0 aliphatic heterocycles. The van der Waals surface area contributed by atoms with Crippen molar-refractivity contribution < 1.29 is 4.74 Å². The summed E-state index contributed by atoms with van der Waals surface area (Å²) in [6, 6.07) is 6.17. The van der Waals surface area contributed by atoms with Crippen molar-refractivity contribution in [2.75, 3.05) is 34.3 Å². The Morgan fingerprint density at radius 2 is 2.14 bits per heavy atom. The Morgan fingerprint density at radius 3 is 2.71 bits per heavy atom. The van der Waals surface area contributed by atoms with Crippen LogP contribution in [0.3, 0.4) is 0 Å². The third-order valence-corrected chi connectivity index (χ3v) is 3.97. The molecule has 0 amide bonds. The van der Waals surface area contributed by atoms with Crippen LogP contribution in [0.4, 0.5) is 0 Å². The maximum atomic E-state index is 5.32. The molecule has 118 valence electrons. The van der Waals surface area contributed by atoms with Gasteiger partial charge in [0.2, 0.25) is 0 Å². The second-order valence-corrected chi connectivity index (χ2v) is 6.44. The number of nitrogens with zero attached hydrogens (tertiary/aromatic N) is 1. The van der Waals surface area contributed by atoms with Gasteiger partial charge < -0.3 is 20.3 Å². The van der Waals surface area contributed by atoms with E-state index in [9.17, 15) is 0 Å². The molecule has 0 aliphatic carbocycles. The topological polar surface area (TPSA) is 36.5 Å². The first-order chi connectivity index (χ1) is 9.93. The third kappa shape index (κ3) is 6.63. The van der Waals surface area contributed by atoms with Crippen molar-refractivity contribution in [3.8, 4) is 5.75 Å². The summed E-state index contributed by atoms with van der Waals surface area (Å²) >= 11 is 8.82. The number of rotatable bonds is 7. The number of nitrogens with one attached hydrogen (secondary N) is 2. The predicted octanol–water partition coefficient (Wildman–Crippen LogP) is 2.93. The van der Waals surface area contributed by atoms with Crippen molar-refractivity contribution in [3.63, 3.8) is 0 Å². The summed E-state index contributed by atoms with van der Waals surface area (Å²) in [5.74, 6) is 0.829. The largest absolute Gasteiger partial charge is 0.496 e. The molecule has 0 aliphatic rings. The van der Waals surface area contributed by atoms with Crippen molar-refractivity contribution >= 4 is 33.3 Å². The van der Waals surface area contributed by atoms with E-state index in [1.807, 2.05) is 18.2 Å². The number of hydrogen-bond acceptors (Lipinski definition) is 3. The second-order valence-electron chi connectivity index (χ2n) is 5.17. The third-order valence-electron chi connectivity index (χ3n) is 3.09. The molecule has 4 nitrogen and oxygen atoms in total. The summed E-state index contributed by atoms with van der Waals surface area (Å²) in [6.45, 7) is 4.02. The number of hydrogen-bond donors (Lipinski definition) is 2. The van der Waals surface area contributed by atoms with Gasteiger partial charge in [-0.2, -0.15) is 0 Å². The summed E-state index contributed by atoms with van der Waals surface area (Å²) in [7, 11) is 5.80. The van der Waals surface area contributed by atoms with Crippen LogP contribution in [-0.4, -0.2) is 44.3 Å². The Kier molecular flexibility index (Phi) is 8.00. The molecule has 1 aromatic rings. The van der Waals surface area contributed by atoms with E-state index in [0.717, 1.165) is 35.3 Å². The highest BCUT2D eigenvalue weighted by molar-refractivity contribution is 9.10. The van der Waals surface area contributed by atoms with Gasteiger partial charge in [0, 0.05) is 6.54 Å². The maximum Gasteiger partial charge on any atom is 0.166 e. The Hall–Kier alpha value is -0.850. The molecular formula is C15H24BrN3OS. The molecule has 1 rings (SSSR count). The van der Waals surface area contributed by atoms with Gasteiger partial charge in [0.25, 0.3) is 0 Å². The standard InChI is InChI=1S/C15H24BrN3OS/c1-11(12-6-7-14(20-4)13(16)10-12)18-15(21)17-8-5-9-19(2)3/h6-7,10-11H,5,8-9H2,1-4H3,(H2,17,18,21)/t11-/m0/s1. The van der Waals surface area contributed by atoms with Gasteiger partial charge >= 0.3 is 0 Å². The second kappa shape index (κ2) is 9.23. The fraction of sp³-hybridized carbons (Fsp3) is 0.533. The SMILES string of the molecule is COc1ccc([C@H](C)NC(=S)NCCCN(C)C)cc1Br. The first-order valence-electron chi connectivity index (χ1n) is 6.96. The van der Waals surface area contributed by atoms with Gasteiger partial charge in [-0.25, -0.2) is 0 Å². The van der Waals surface area contributed by atoms with Crippen LogP contribution in [0.2, 0.25) is 0 Å². The van der Waals surface area contributed by atoms with E-state index in [1.165, 1.54) is 0 Å². The molecule has 6 heteroatoms. The molecule has 2 N–H and O–H groups in total. The number of methoxy groups -OCH3 is 1. The fourth-order valence-electron chi connectivity index (χ4n) is 1.88. The fourth-order valence-corrected chi connectivity index (χ4v) is 2.72. The highest BCUT2D eigenvalue weighted by Gasteiger charge is 2.09. The summed E-state index contributed by atoms with van der Waals surface area (Å²) < 4.78 is 6.18. The van der Waals surface area contributed by atoms with Crippen LogP contribution in [0, 0.1) is 0 Å². The van der Waals surface area contributed by atoms with Gasteiger partial charge in [0.05, 0.1) is 17.6 Å². The number of thiocarbonyl (C=S) groups is 1. The highest BCUT2D eigenvalue weighted by Crippen LogP contribution is 2.27. The zero-order valence-electron chi connectivity index (χ0n) is 13.1. The van der Waals surface area contributed by atoms with Crippen LogP contribution < -0.4 is 15.4 Å². The molecule has 0 spiro atoms. The van der Waals surface area contributed by atoms with E-state index >= 15 is 0 Å². The number of halogens is 1. The zero-order valence-corrected chi connectivity index (χ0v) is 15.5. The lowest BCUT2D eigenvalue weighted by Crippen LogP contribution is -2.37. The van der Waals surface area contributed by atoms with Crippen LogP contribution >= 0.6 is 28.1 Å². The summed E-state index contributed by atoms with van der Waals surface area (Å²) in [5, 5.41) is 7.22. The summed E-state index contributed by atoms with van der Waals surface area (Å²) in [5.41, 5.74) is 1.15. The van der Waals surface area contributed by atoms with Crippen LogP contribution in [-0.2, 0) is 0 Å². The van der Waals surface area contributed by atoms with Crippen molar-refractivity contribution in [2.45, 2.75) is 19.4 Å². The molecule has 1 atom stereocenters. The first-order valence-corrected chi connectivity index (χ1v) is 8.16. The van der Waals surface area contributed by atoms with Gasteiger partial charge in [-0.15, -0.1) is 0 Å². The molecule has 0 saturated heterocycles. The Bertz CT molecular complexity index is 468. The van der Waals surface area contributed by atoms with E-state index in [4.69, 9.17) is 17.0 Å². The Morgan fingerprint density at radius 1 is 1.43 bits per heavy atom. The minimum atomic E-state index is 0.140. The van der Waals surface area contributed by atoms with E-state index in [-0.39, 0.29) is 6.04 Å². The quantitative estimate of drug-likeness (QED) is 0.567. The number of benzene rings is 1. The van der Waals surface area contributed by atoms with E-state index in [1.54, 1.807) is 7.11 Å². The smallest absolute Gasteiger partial charge is 0.166 e. The van der Waals surface area contributed by atoms with Crippen LogP contribution in [0.25, 0.3) is 0 Å². The van der Waals surface area contributed by atoms with E-state index < -0.39 is 0 Å². The predicted molar refractivity (Wildman–Crippen MR) is 96.0 cm³/mol. The highest BCUT2D eigenvalue weighted by atomic mass is 79.9. The summed E-state index contributed by atoms with van der Waals surface area (Å²) in [6.07, 6.45) is 1.07. The van der Waals surface area contributed by atoms with E-state index in [0.29, 0.717) is 5.11 Å². The average Bonchev–Trinajstić information content (AvgIpc) is 2.43. The van der Waals surface area contributed by atoms with Crippen LogP contribution in [0.15, 0.2) is 22.7 Å². The molecule has 0 saturated carbocycles.